The van der Waals surface area contributed by atoms with Gasteiger partial charge in [0.15, 0.2) is 0 Å². The van der Waals surface area contributed by atoms with Crippen molar-refractivity contribution in [1.29, 1.82) is 0 Å². The van der Waals surface area contributed by atoms with Crippen molar-refractivity contribution in [3.8, 4) is 0 Å². The number of aliphatic hydroxyl groups excluding tert-OH is 1. The predicted molar refractivity (Wildman–Crippen MR) is 69.7 cm³/mol. The second kappa shape index (κ2) is 5.55. The molecular weight excluding hydrogens is 216 g/mol. The fraction of sp³-hybridized carbons (Fsp3) is 0.429. The van der Waals surface area contributed by atoms with Crippen molar-refractivity contribution in [2.45, 2.75) is 29.9 Å². The highest BCUT2D eigenvalue weighted by Gasteiger charge is 2.20. The van der Waals surface area contributed by atoms with E-state index in [9.17, 15) is 5.11 Å². The highest BCUT2D eigenvalue weighted by Crippen LogP contribution is 2.34. The van der Waals surface area contributed by atoms with Gasteiger partial charge in [-0.15, -0.1) is 11.8 Å². The van der Waals surface area contributed by atoms with Crippen LogP contribution in [0.2, 0.25) is 0 Å². The molecule has 2 heteroatoms. The number of hydrogen-bond donors (Lipinski definition) is 1. The van der Waals surface area contributed by atoms with Gasteiger partial charge < -0.3 is 5.11 Å². The van der Waals surface area contributed by atoms with Crippen molar-refractivity contribution in [1.82, 2.24) is 0 Å². The van der Waals surface area contributed by atoms with E-state index >= 15 is 0 Å². The molecule has 2 atom stereocenters. The minimum absolute atomic E-state index is 0.297. The van der Waals surface area contributed by atoms with Crippen LogP contribution >= 0.6 is 11.8 Å². The molecule has 86 valence electrons. The first kappa shape index (κ1) is 11.7. The van der Waals surface area contributed by atoms with Gasteiger partial charge in [0.1, 0.15) is 0 Å². The molecule has 2 rings (SSSR count). The van der Waals surface area contributed by atoms with Crippen LogP contribution in [0, 0.1) is 5.92 Å². The van der Waals surface area contributed by atoms with E-state index in [1.165, 1.54) is 16.9 Å². The van der Waals surface area contributed by atoms with Crippen molar-refractivity contribution in [3.05, 3.63) is 42.0 Å². The Morgan fingerprint density at radius 2 is 2.00 bits per heavy atom. The molecule has 0 radical (unpaired) electrons. The highest BCUT2D eigenvalue weighted by atomic mass is 32.2. The lowest BCUT2D eigenvalue weighted by Gasteiger charge is -2.25. The topological polar surface area (TPSA) is 20.2 Å². The molecule has 0 fully saturated rings. The second-order valence-corrected chi connectivity index (χ2v) is 5.65. The molecule has 0 bridgehead atoms. The second-order valence-electron chi connectivity index (χ2n) is 4.34. The Bertz CT molecular complexity index is 358. The van der Waals surface area contributed by atoms with Gasteiger partial charge in [-0.3, -0.25) is 0 Å². The molecule has 1 N–H and O–H groups in total. The van der Waals surface area contributed by atoms with E-state index in [0.29, 0.717) is 17.8 Å². The average Bonchev–Trinajstić information content (AvgIpc) is 2.31. The van der Waals surface area contributed by atoms with Crippen molar-refractivity contribution in [2.75, 3.05) is 6.61 Å². The summed E-state index contributed by atoms with van der Waals surface area (Å²) in [7, 11) is 0. The molecule has 0 heterocycles. The Balaban J connectivity index is 2.00. The van der Waals surface area contributed by atoms with E-state index in [2.05, 4.69) is 37.3 Å². The first-order valence-corrected chi connectivity index (χ1v) is 6.68. The SMILES string of the molecule is CC1=CC(Sc2ccccc2)CCC1CO. The molecule has 0 aliphatic heterocycles. The molecule has 0 saturated heterocycles. The van der Waals surface area contributed by atoms with Crippen LogP contribution in [0.25, 0.3) is 0 Å². The van der Waals surface area contributed by atoms with E-state index in [1.54, 1.807) is 0 Å². The van der Waals surface area contributed by atoms with Gasteiger partial charge in [-0.05, 0) is 31.9 Å². The fourth-order valence-corrected chi connectivity index (χ4v) is 3.31. The van der Waals surface area contributed by atoms with Gasteiger partial charge >= 0.3 is 0 Å². The van der Waals surface area contributed by atoms with Crippen molar-refractivity contribution in [2.24, 2.45) is 5.92 Å². The zero-order valence-corrected chi connectivity index (χ0v) is 10.4. The summed E-state index contributed by atoms with van der Waals surface area (Å²) in [5, 5.41) is 9.76. The molecule has 1 aromatic rings. The molecule has 0 amide bonds. The summed E-state index contributed by atoms with van der Waals surface area (Å²) < 4.78 is 0. The number of thioether (sulfide) groups is 1. The van der Waals surface area contributed by atoms with Crippen LogP contribution in [0.15, 0.2) is 46.9 Å². The van der Waals surface area contributed by atoms with E-state index < -0.39 is 0 Å². The molecule has 1 aromatic carbocycles. The van der Waals surface area contributed by atoms with Gasteiger partial charge in [0.2, 0.25) is 0 Å². The molecule has 1 nitrogen and oxygen atoms in total. The van der Waals surface area contributed by atoms with Crippen LogP contribution in [0.4, 0.5) is 0 Å². The van der Waals surface area contributed by atoms with Crippen LogP contribution < -0.4 is 0 Å². The Morgan fingerprint density at radius 1 is 1.25 bits per heavy atom. The minimum Gasteiger partial charge on any atom is -0.396 e. The fourth-order valence-electron chi connectivity index (χ4n) is 2.11. The monoisotopic (exact) mass is 234 g/mol. The predicted octanol–water partition coefficient (Wildman–Crippen LogP) is 3.50. The Morgan fingerprint density at radius 3 is 2.62 bits per heavy atom. The maximum atomic E-state index is 9.19. The quantitative estimate of drug-likeness (QED) is 0.808. The number of hydrogen-bond acceptors (Lipinski definition) is 2. The lowest BCUT2D eigenvalue weighted by molar-refractivity contribution is 0.234. The third-order valence-corrected chi connectivity index (χ3v) is 4.36. The lowest BCUT2D eigenvalue weighted by atomic mass is 9.89. The van der Waals surface area contributed by atoms with E-state index in [1.807, 2.05) is 17.8 Å². The molecule has 1 aliphatic rings. The first-order valence-electron chi connectivity index (χ1n) is 5.80. The zero-order valence-electron chi connectivity index (χ0n) is 9.60. The molecule has 0 aromatic heterocycles. The van der Waals surface area contributed by atoms with Gasteiger partial charge in [0, 0.05) is 22.7 Å². The summed E-state index contributed by atoms with van der Waals surface area (Å²) in [6, 6.07) is 10.5. The molecule has 0 saturated carbocycles. The maximum Gasteiger partial charge on any atom is 0.0496 e. The van der Waals surface area contributed by atoms with Crippen molar-refractivity contribution in [3.63, 3.8) is 0 Å². The summed E-state index contributed by atoms with van der Waals surface area (Å²) in [5.41, 5.74) is 1.35. The van der Waals surface area contributed by atoms with Crippen molar-refractivity contribution >= 4 is 11.8 Å². The Kier molecular flexibility index (Phi) is 4.08. The molecule has 2 unspecified atom stereocenters. The van der Waals surface area contributed by atoms with E-state index in [0.717, 1.165) is 6.42 Å². The lowest BCUT2D eigenvalue weighted by Crippen LogP contribution is -2.17. The van der Waals surface area contributed by atoms with Crippen LogP contribution in [-0.4, -0.2) is 17.0 Å². The van der Waals surface area contributed by atoms with Gasteiger partial charge in [0.25, 0.3) is 0 Å². The van der Waals surface area contributed by atoms with Gasteiger partial charge in [-0.1, -0.05) is 29.8 Å². The van der Waals surface area contributed by atoms with Gasteiger partial charge in [-0.2, -0.15) is 0 Å². The summed E-state index contributed by atoms with van der Waals surface area (Å²) in [5.74, 6) is 0.396. The minimum atomic E-state index is 0.297. The maximum absolute atomic E-state index is 9.19. The Hall–Kier alpha value is -0.730. The largest absolute Gasteiger partial charge is 0.396 e. The molecular formula is C14H18OS. The zero-order chi connectivity index (χ0) is 11.4. The normalized spacial score (nSPS) is 25.2. The summed E-state index contributed by atoms with van der Waals surface area (Å²) in [6.07, 6.45) is 4.60. The third-order valence-electron chi connectivity index (χ3n) is 3.14. The van der Waals surface area contributed by atoms with Crippen molar-refractivity contribution < 1.29 is 5.11 Å². The smallest absolute Gasteiger partial charge is 0.0496 e. The summed E-state index contributed by atoms with van der Waals surface area (Å²) in [4.78, 5) is 1.33. The summed E-state index contributed by atoms with van der Waals surface area (Å²) >= 11 is 1.92. The third kappa shape index (κ3) is 2.89. The standard InChI is InChI=1S/C14H18OS/c1-11-9-14(8-7-12(11)10-15)16-13-5-3-2-4-6-13/h2-6,9,12,14-15H,7-8,10H2,1H3. The molecule has 0 spiro atoms. The highest BCUT2D eigenvalue weighted by molar-refractivity contribution is 8.00. The number of rotatable bonds is 3. The average molecular weight is 234 g/mol. The Labute approximate surface area is 102 Å². The van der Waals surface area contributed by atoms with Crippen LogP contribution in [0.1, 0.15) is 19.8 Å². The van der Waals surface area contributed by atoms with Crippen LogP contribution in [0.3, 0.4) is 0 Å². The first-order chi connectivity index (χ1) is 7.79. The molecule has 1 aliphatic carbocycles. The van der Waals surface area contributed by atoms with E-state index in [4.69, 9.17) is 0 Å². The van der Waals surface area contributed by atoms with Crippen LogP contribution in [-0.2, 0) is 0 Å². The van der Waals surface area contributed by atoms with Gasteiger partial charge in [-0.25, -0.2) is 0 Å². The summed E-state index contributed by atoms with van der Waals surface area (Å²) in [6.45, 7) is 2.43. The van der Waals surface area contributed by atoms with Gasteiger partial charge in [0.05, 0.1) is 0 Å². The number of aliphatic hydroxyl groups is 1. The van der Waals surface area contributed by atoms with Crippen LogP contribution in [0.5, 0.6) is 0 Å². The van der Waals surface area contributed by atoms with E-state index in [-0.39, 0.29) is 0 Å². The number of benzene rings is 1. The molecule has 16 heavy (non-hydrogen) atoms.